The summed E-state index contributed by atoms with van der Waals surface area (Å²) in [6.07, 6.45) is 1.79. The minimum Gasteiger partial charge on any atom is -0.341 e. The van der Waals surface area contributed by atoms with Gasteiger partial charge in [-0.1, -0.05) is 26.0 Å². The van der Waals surface area contributed by atoms with Gasteiger partial charge in [0.05, 0.1) is 11.3 Å². The lowest BCUT2D eigenvalue weighted by atomic mass is 10.1. The van der Waals surface area contributed by atoms with Gasteiger partial charge in [0, 0.05) is 44.8 Å². The molecule has 0 aliphatic carbocycles. The number of aromatic nitrogens is 2. The number of carbonyl (C=O) groups excluding carboxylic acids is 2. The Balaban J connectivity index is 1.57. The summed E-state index contributed by atoms with van der Waals surface area (Å²) in [5.74, 6) is -0.208. The summed E-state index contributed by atoms with van der Waals surface area (Å²) in [4.78, 5) is 29.0. The van der Waals surface area contributed by atoms with Crippen molar-refractivity contribution in [2.24, 2.45) is 5.92 Å². The molecule has 168 valence electrons. The van der Waals surface area contributed by atoms with Gasteiger partial charge in [-0.3, -0.25) is 14.3 Å². The van der Waals surface area contributed by atoms with Crippen molar-refractivity contribution in [3.8, 4) is 0 Å². The number of amides is 2. The largest absolute Gasteiger partial charge is 0.341 e. The van der Waals surface area contributed by atoms with E-state index in [1.54, 1.807) is 17.0 Å². The van der Waals surface area contributed by atoms with E-state index in [0.717, 1.165) is 23.5 Å². The lowest BCUT2D eigenvalue weighted by Gasteiger charge is -2.22. The molecule has 31 heavy (non-hydrogen) atoms. The first kappa shape index (κ1) is 23.0. The molecule has 0 N–H and O–H groups in total. The second kappa shape index (κ2) is 10.1. The normalized spacial score (nSPS) is 14.8. The van der Waals surface area contributed by atoms with Crippen LogP contribution in [0.15, 0.2) is 24.3 Å². The highest BCUT2D eigenvalue weighted by atomic mass is 19.1. The van der Waals surface area contributed by atoms with Crippen LogP contribution in [0.5, 0.6) is 0 Å². The van der Waals surface area contributed by atoms with E-state index in [2.05, 4.69) is 25.9 Å². The summed E-state index contributed by atoms with van der Waals surface area (Å²) in [5, 5.41) is 4.64. The van der Waals surface area contributed by atoms with Crippen molar-refractivity contribution < 1.29 is 14.0 Å². The predicted molar refractivity (Wildman–Crippen MR) is 118 cm³/mol. The van der Waals surface area contributed by atoms with Crippen molar-refractivity contribution >= 4 is 11.8 Å². The maximum atomic E-state index is 14.0. The Morgan fingerprint density at radius 1 is 1.06 bits per heavy atom. The fourth-order valence-corrected chi connectivity index (χ4v) is 4.18. The molecule has 1 aliphatic heterocycles. The molecule has 1 saturated heterocycles. The van der Waals surface area contributed by atoms with Crippen molar-refractivity contribution in [2.75, 3.05) is 26.2 Å². The van der Waals surface area contributed by atoms with Crippen LogP contribution in [0.2, 0.25) is 0 Å². The van der Waals surface area contributed by atoms with Crippen LogP contribution in [0.4, 0.5) is 4.39 Å². The number of hydrogen-bond acceptors (Lipinski definition) is 3. The predicted octanol–water partition coefficient (Wildman–Crippen LogP) is 3.60. The number of halogens is 1. The highest BCUT2D eigenvalue weighted by molar-refractivity contribution is 5.94. The van der Waals surface area contributed by atoms with Crippen LogP contribution in [0.1, 0.15) is 54.0 Å². The quantitative estimate of drug-likeness (QED) is 0.706. The van der Waals surface area contributed by atoms with Crippen molar-refractivity contribution in [1.29, 1.82) is 0 Å². The van der Waals surface area contributed by atoms with Gasteiger partial charge in [-0.05, 0) is 50.3 Å². The van der Waals surface area contributed by atoms with E-state index in [4.69, 9.17) is 0 Å². The van der Waals surface area contributed by atoms with Crippen molar-refractivity contribution in [1.82, 2.24) is 19.6 Å². The molecule has 7 heteroatoms. The van der Waals surface area contributed by atoms with E-state index in [-0.39, 0.29) is 17.4 Å². The van der Waals surface area contributed by atoms with E-state index < -0.39 is 5.82 Å². The first-order chi connectivity index (χ1) is 14.8. The molecular weight excluding hydrogens is 395 g/mol. The fourth-order valence-electron chi connectivity index (χ4n) is 4.18. The second-order valence-electron chi connectivity index (χ2n) is 8.73. The van der Waals surface area contributed by atoms with Crippen molar-refractivity contribution in [3.63, 3.8) is 0 Å². The maximum absolute atomic E-state index is 14.0. The molecule has 0 atom stereocenters. The monoisotopic (exact) mass is 428 g/mol. The van der Waals surface area contributed by atoms with Gasteiger partial charge in [0.2, 0.25) is 5.91 Å². The Kier molecular flexibility index (Phi) is 7.46. The van der Waals surface area contributed by atoms with Gasteiger partial charge in [-0.25, -0.2) is 4.39 Å². The molecule has 2 heterocycles. The zero-order valence-electron chi connectivity index (χ0n) is 19.0. The van der Waals surface area contributed by atoms with Crippen LogP contribution in [0.25, 0.3) is 0 Å². The van der Waals surface area contributed by atoms with E-state index in [9.17, 15) is 14.0 Å². The molecule has 1 aliphatic rings. The Bertz CT molecular complexity index is 938. The molecule has 1 aromatic carbocycles. The van der Waals surface area contributed by atoms with Crippen LogP contribution >= 0.6 is 0 Å². The Hall–Kier alpha value is -2.70. The van der Waals surface area contributed by atoms with Crippen molar-refractivity contribution in [3.05, 3.63) is 52.6 Å². The highest BCUT2D eigenvalue weighted by Gasteiger charge is 2.24. The average Bonchev–Trinajstić information content (AvgIpc) is 2.90. The van der Waals surface area contributed by atoms with Gasteiger partial charge in [0.1, 0.15) is 5.82 Å². The fraction of sp³-hybridized carbons (Fsp3) is 0.542. The topological polar surface area (TPSA) is 58.4 Å². The molecule has 2 aromatic rings. The van der Waals surface area contributed by atoms with Gasteiger partial charge in [0.25, 0.3) is 5.91 Å². The molecule has 3 rings (SSSR count). The maximum Gasteiger partial charge on any atom is 0.256 e. The van der Waals surface area contributed by atoms with Gasteiger partial charge in [-0.15, -0.1) is 0 Å². The number of benzene rings is 1. The lowest BCUT2D eigenvalue weighted by molar-refractivity contribution is -0.131. The number of carbonyl (C=O) groups is 2. The first-order valence-electron chi connectivity index (χ1n) is 11.1. The molecule has 1 fully saturated rings. The smallest absolute Gasteiger partial charge is 0.256 e. The second-order valence-corrected chi connectivity index (χ2v) is 8.73. The van der Waals surface area contributed by atoms with E-state index in [0.29, 0.717) is 51.4 Å². The minimum atomic E-state index is -0.506. The summed E-state index contributed by atoms with van der Waals surface area (Å²) in [6.45, 7) is 11.3. The van der Waals surface area contributed by atoms with Gasteiger partial charge in [-0.2, -0.15) is 5.10 Å². The molecule has 0 spiro atoms. The molecule has 1 aromatic heterocycles. The molecule has 6 nitrogen and oxygen atoms in total. The van der Waals surface area contributed by atoms with Gasteiger partial charge in [0.15, 0.2) is 0 Å². The van der Waals surface area contributed by atoms with Crippen LogP contribution < -0.4 is 0 Å². The van der Waals surface area contributed by atoms with E-state index in [1.165, 1.54) is 12.1 Å². The van der Waals surface area contributed by atoms with E-state index in [1.807, 2.05) is 16.5 Å². The third-order valence-electron chi connectivity index (χ3n) is 5.90. The molecule has 0 unspecified atom stereocenters. The standard InChI is InChI=1S/C24H33FN4O2/c1-17(2)16-29-19(4)20(18(3)26-29)10-11-23(30)27-12-7-13-28(15-14-27)24(31)21-8-5-6-9-22(21)25/h5-6,8-9,17H,7,10-16H2,1-4H3. The summed E-state index contributed by atoms with van der Waals surface area (Å²) >= 11 is 0. The summed E-state index contributed by atoms with van der Waals surface area (Å²) in [5.41, 5.74) is 3.37. The summed E-state index contributed by atoms with van der Waals surface area (Å²) in [6, 6.07) is 6.05. The van der Waals surface area contributed by atoms with Crippen LogP contribution in [-0.4, -0.2) is 57.6 Å². The lowest BCUT2D eigenvalue weighted by Crippen LogP contribution is -2.37. The third-order valence-corrected chi connectivity index (χ3v) is 5.90. The summed E-state index contributed by atoms with van der Waals surface area (Å²) in [7, 11) is 0. The van der Waals surface area contributed by atoms with Crippen LogP contribution in [0, 0.1) is 25.6 Å². The van der Waals surface area contributed by atoms with Gasteiger partial charge >= 0.3 is 0 Å². The van der Waals surface area contributed by atoms with E-state index >= 15 is 0 Å². The molecule has 0 radical (unpaired) electrons. The Morgan fingerprint density at radius 3 is 2.45 bits per heavy atom. The SMILES string of the molecule is Cc1nn(CC(C)C)c(C)c1CCC(=O)N1CCCN(C(=O)c2ccccc2F)CC1. The molecule has 0 bridgehead atoms. The van der Waals surface area contributed by atoms with Crippen molar-refractivity contribution in [2.45, 2.75) is 53.5 Å². The highest BCUT2D eigenvalue weighted by Crippen LogP contribution is 2.18. The zero-order chi connectivity index (χ0) is 22.5. The minimum absolute atomic E-state index is 0.0895. The van der Waals surface area contributed by atoms with Crippen LogP contribution in [0.3, 0.4) is 0 Å². The van der Waals surface area contributed by atoms with Crippen LogP contribution in [-0.2, 0) is 17.8 Å². The number of aryl methyl sites for hydroxylation is 1. The number of nitrogens with zero attached hydrogens (tertiary/aromatic N) is 4. The Morgan fingerprint density at radius 2 is 1.74 bits per heavy atom. The average molecular weight is 429 g/mol. The first-order valence-corrected chi connectivity index (χ1v) is 11.1. The molecule has 2 amide bonds. The molecular formula is C24H33FN4O2. The van der Waals surface area contributed by atoms with Gasteiger partial charge < -0.3 is 9.80 Å². The third kappa shape index (κ3) is 5.51. The number of hydrogen-bond donors (Lipinski definition) is 0. The summed E-state index contributed by atoms with van der Waals surface area (Å²) < 4.78 is 16.0. The Labute approximate surface area is 184 Å². The molecule has 0 saturated carbocycles. The zero-order valence-corrected chi connectivity index (χ0v) is 19.0. The number of rotatable bonds is 6.